The van der Waals surface area contributed by atoms with E-state index in [0.717, 1.165) is 5.39 Å². The van der Waals surface area contributed by atoms with Crippen LogP contribution in [0.2, 0.25) is 0 Å². The predicted octanol–water partition coefficient (Wildman–Crippen LogP) is 2.29. The quantitative estimate of drug-likeness (QED) is 0.678. The molecule has 0 amide bonds. The first kappa shape index (κ1) is 11.1. The van der Waals surface area contributed by atoms with Crippen molar-refractivity contribution in [2.24, 2.45) is 0 Å². The number of nitrogens with one attached hydrogen (secondary N) is 1. The highest BCUT2D eigenvalue weighted by Gasteiger charge is 2.15. The van der Waals surface area contributed by atoms with Gasteiger partial charge in [0.05, 0.1) is 11.5 Å². The number of halogens is 1. The summed E-state index contributed by atoms with van der Waals surface area (Å²) in [7, 11) is 0. The summed E-state index contributed by atoms with van der Waals surface area (Å²) in [5, 5.41) is 0.834. The Morgan fingerprint density at radius 2 is 2.25 bits per heavy atom. The molecule has 0 unspecified atom stereocenters. The average Bonchev–Trinajstić information content (AvgIpc) is 2.64. The summed E-state index contributed by atoms with van der Waals surface area (Å²) in [5.74, 6) is -0.470. The summed E-state index contributed by atoms with van der Waals surface area (Å²) in [4.78, 5) is 22.6. The van der Waals surface area contributed by atoms with Crippen molar-refractivity contribution in [3.63, 3.8) is 0 Å². The summed E-state index contributed by atoms with van der Waals surface area (Å²) >= 11 is 3.28. The summed E-state index contributed by atoms with van der Waals surface area (Å²) in [5.41, 5.74) is 0.609. The Morgan fingerprint density at radius 3 is 2.94 bits per heavy atom. The van der Waals surface area contributed by atoms with Crippen LogP contribution in [0.1, 0.15) is 24.5 Å². The Bertz CT molecular complexity index is 536. The summed E-state index contributed by atoms with van der Waals surface area (Å²) in [6.07, 6.45) is 1.55. The standard InChI is InChI=1S/C10H10BrN3O2/c1-5(2)16-10(15)9-13-7(11)6-3-4-12-8(6)14-9/h3-5H,1-2H3,(H,12,13,14). The third-order valence-corrected chi connectivity index (χ3v) is 2.50. The molecule has 0 atom stereocenters. The second-order valence-electron chi connectivity index (χ2n) is 3.53. The number of hydrogen-bond donors (Lipinski definition) is 1. The smallest absolute Gasteiger partial charge is 0.376 e. The number of nitrogens with zero attached hydrogens (tertiary/aromatic N) is 2. The molecule has 0 saturated heterocycles. The van der Waals surface area contributed by atoms with Gasteiger partial charge in [-0.2, -0.15) is 0 Å². The highest BCUT2D eigenvalue weighted by molar-refractivity contribution is 9.10. The lowest BCUT2D eigenvalue weighted by Crippen LogP contribution is -2.15. The Hall–Kier alpha value is -1.43. The minimum Gasteiger partial charge on any atom is -0.457 e. The molecule has 2 rings (SSSR count). The number of carbonyl (C=O) groups is 1. The highest BCUT2D eigenvalue weighted by atomic mass is 79.9. The van der Waals surface area contributed by atoms with Crippen LogP contribution in [0.15, 0.2) is 16.9 Å². The number of hydrogen-bond acceptors (Lipinski definition) is 4. The Morgan fingerprint density at radius 1 is 1.50 bits per heavy atom. The molecule has 6 heteroatoms. The summed E-state index contributed by atoms with van der Waals surface area (Å²) in [6, 6.07) is 1.83. The molecule has 2 aromatic heterocycles. The summed E-state index contributed by atoms with van der Waals surface area (Å²) < 4.78 is 5.60. The normalized spacial score (nSPS) is 11.0. The van der Waals surface area contributed by atoms with Crippen LogP contribution in [0.5, 0.6) is 0 Å². The fourth-order valence-electron chi connectivity index (χ4n) is 1.26. The topological polar surface area (TPSA) is 67.9 Å². The van der Waals surface area contributed by atoms with Crippen LogP contribution in [-0.4, -0.2) is 27.0 Å². The molecule has 0 radical (unpaired) electrons. The molecule has 0 aliphatic carbocycles. The molecule has 0 spiro atoms. The number of ether oxygens (including phenoxy) is 1. The lowest BCUT2D eigenvalue weighted by molar-refractivity contribution is 0.0363. The van der Waals surface area contributed by atoms with Gasteiger partial charge in [-0.05, 0) is 35.8 Å². The zero-order chi connectivity index (χ0) is 11.7. The molecule has 84 valence electrons. The first-order valence-corrected chi connectivity index (χ1v) is 5.59. The van der Waals surface area contributed by atoms with Crippen molar-refractivity contribution in [2.45, 2.75) is 20.0 Å². The third-order valence-electron chi connectivity index (χ3n) is 1.89. The van der Waals surface area contributed by atoms with Gasteiger partial charge in [0.25, 0.3) is 0 Å². The first-order chi connectivity index (χ1) is 7.58. The molecule has 0 bridgehead atoms. The van der Waals surface area contributed by atoms with Gasteiger partial charge in [0, 0.05) is 6.20 Å². The number of fused-ring (bicyclic) bond motifs is 1. The van der Waals surface area contributed by atoms with Gasteiger partial charge < -0.3 is 9.72 Å². The van der Waals surface area contributed by atoms with Crippen molar-refractivity contribution in [3.8, 4) is 0 Å². The molecular weight excluding hydrogens is 274 g/mol. The van der Waals surface area contributed by atoms with E-state index in [2.05, 4.69) is 30.9 Å². The Balaban J connectivity index is 2.41. The van der Waals surface area contributed by atoms with Crippen LogP contribution in [0, 0.1) is 0 Å². The highest BCUT2D eigenvalue weighted by Crippen LogP contribution is 2.19. The van der Waals surface area contributed by atoms with Gasteiger partial charge in [0.15, 0.2) is 0 Å². The lowest BCUT2D eigenvalue weighted by Gasteiger charge is -2.06. The van der Waals surface area contributed by atoms with Gasteiger partial charge in [-0.15, -0.1) is 0 Å². The van der Waals surface area contributed by atoms with Crippen molar-refractivity contribution in [3.05, 3.63) is 22.7 Å². The van der Waals surface area contributed by atoms with E-state index < -0.39 is 5.97 Å². The predicted molar refractivity (Wildman–Crippen MR) is 62.1 cm³/mol. The minimum absolute atomic E-state index is 0.0514. The lowest BCUT2D eigenvalue weighted by atomic mass is 10.4. The van der Waals surface area contributed by atoms with Crippen LogP contribution in [0.3, 0.4) is 0 Å². The maximum absolute atomic E-state index is 11.6. The van der Waals surface area contributed by atoms with Crippen LogP contribution < -0.4 is 0 Å². The zero-order valence-electron chi connectivity index (χ0n) is 8.82. The van der Waals surface area contributed by atoms with E-state index in [-0.39, 0.29) is 11.9 Å². The monoisotopic (exact) mass is 283 g/mol. The molecule has 16 heavy (non-hydrogen) atoms. The molecule has 2 heterocycles. The van der Waals surface area contributed by atoms with Crippen LogP contribution in [0.4, 0.5) is 0 Å². The second kappa shape index (κ2) is 4.21. The number of esters is 1. The molecule has 2 aromatic rings. The molecule has 1 N–H and O–H groups in total. The van der Waals surface area contributed by atoms with Crippen LogP contribution in [-0.2, 0) is 4.74 Å². The van der Waals surface area contributed by atoms with Gasteiger partial charge in [-0.1, -0.05) is 0 Å². The van der Waals surface area contributed by atoms with E-state index in [4.69, 9.17) is 4.74 Å². The van der Waals surface area contributed by atoms with Crippen molar-refractivity contribution in [2.75, 3.05) is 0 Å². The third kappa shape index (κ3) is 2.06. The first-order valence-electron chi connectivity index (χ1n) is 4.79. The van der Waals surface area contributed by atoms with Crippen LogP contribution in [0.25, 0.3) is 11.0 Å². The molecule has 0 fully saturated rings. The number of H-pyrrole nitrogens is 1. The van der Waals surface area contributed by atoms with E-state index in [1.165, 1.54) is 0 Å². The largest absolute Gasteiger partial charge is 0.457 e. The van der Waals surface area contributed by atoms with E-state index in [0.29, 0.717) is 10.3 Å². The molecule has 0 aliphatic rings. The SMILES string of the molecule is CC(C)OC(=O)c1nc(Br)c2cc[nH]c2n1. The number of carbonyl (C=O) groups excluding carboxylic acids is 1. The molecular formula is C10H10BrN3O2. The minimum atomic E-state index is -0.521. The second-order valence-corrected chi connectivity index (χ2v) is 4.28. The van der Waals surface area contributed by atoms with E-state index in [9.17, 15) is 4.79 Å². The fraction of sp³-hybridized carbons (Fsp3) is 0.300. The fourth-order valence-corrected chi connectivity index (χ4v) is 1.75. The average molecular weight is 284 g/mol. The number of aromatic nitrogens is 3. The van der Waals surface area contributed by atoms with Gasteiger partial charge in [-0.3, -0.25) is 0 Å². The van der Waals surface area contributed by atoms with E-state index in [1.807, 2.05) is 6.07 Å². The van der Waals surface area contributed by atoms with Crippen molar-refractivity contribution >= 4 is 32.9 Å². The van der Waals surface area contributed by atoms with Crippen molar-refractivity contribution < 1.29 is 9.53 Å². The van der Waals surface area contributed by atoms with Crippen molar-refractivity contribution in [1.82, 2.24) is 15.0 Å². The van der Waals surface area contributed by atoms with Gasteiger partial charge in [0.1, 0.15) is 10.3 Å². The van der Waals surface area contributed by atoms with Gasteiger partial charge in [-0.25, -0.2) is 14.8 Å². The maximum atomic E-state index is 11.6. The van der Waals surface area contributed by atoms with Gasteiger partial charge >= 0.3 is 5.97 Å². The number of aromatic amines is 1. The molecule has 0 saturated carbocycles. The van der Waals surface area contributed by atoms with E-state index in [1.54, 1.807) is 20.0 Å². The Labute approximate surface area is 100 Å². The number of rotatable bonds is 2. The molecule has 0 aliphatic heterocycles. The Kier molecular flexibility index (Phi) is 2.91. The molecule has 0 aromatic carbocycles. The summed E-state index contributed by atoms with van der Waals surface area (Å²) in [6.45, 7) is 3.56. The van der Waals surface area contributed by atoms with Gasteiger partial charge in [0.2, 0.25) is 5.82 Å². The zero-order valence-corrected chi connectivity index (χ0v) is 10.4. The van der Waals surface area contributed by atoms with E-state index >= 15 is 0 Å². The molecule has 5 nitrogen and oxygen atoms in total. The maximum Gasteiger partial charge on any atom is 0.376 e. The van der Waals surface area contributed by atoms with Crippen molar-refractivity contribution in [1.29, 1.82) is 0 Å². The van der Waals surface area contributed by atoms with Crippen LogP contribution >= 0.6 is 15.9 Å².